The fraction of sp³-hybridized carbons (Fsp3) is 0.571. The van der Waals surface area contributed by atoms with Crippen LogP contribution in [0.3, 0.4) is 0 Å². The van der Waals surface area contributed by atoms with E-state index >= 15 is 0 Å². The summed E-state index contributed by atoms with van der Waals surface area (Å²) in [5.41, 5.74) is 0. The van der Waals surface area contributed by atoms with Gasteiger partial charge in [0.15, 0.2) is 0 Å². The molecule has 3 heteroatoms. The number of ketones is 2. The lowest BCUT2D eigenvalue weighted by Gasteiger charge is -1.99. The van der Waals surface area contributed by atoms with Gasteiger partial charge < -0.3 is 4.79 Å². The molecule has 0 heterocycles. The zero-order valence-electron chi connectivity index (χ0n) is 11.5. The molecule has 0 aliphatic heterocycles. The van der Waals surface area contributed by atoms with Crippen molar-refractivity contribution in [1.29, 1.82) is 0 Å². The molecule has 0 fully saturated rings. The molecule has 0 aliphatic carbocycles. The van der Waals surface area contributed by atoms with Crippen LogP contribution in [-0.2, 0) is 9.59 Å². The van der Waals surface area contributed by atoms with Gasteiger partial charge in [-0.05, 0) is 20.3 Å². The van der Waals surface area contributed by atoms with Gasteiger partial charge in [-0.3, -0.25) is 4.79 Å². The third-order valence-electron chi connectivity index (χ3n) is 1.82. The van der Waals surface area contributed by atoms with E-state index in [1.54, 1.807) is 26.0 Å². The monoisotopic (exact) mass is 304 g/mol. The molecule has 0 rings (SSSR count). The highest BCUT2D eigenvalue weighted by atomic mass is 79.9. The first-order valence-electron chi connectivity index (χ1n) is 5.64. The predicted octanol–water partition coefficient (Wildman–Crippen LogP) is 4.34. The van der Waals surface area contributed by atoms with Gasteiger partial charge in [0.25, 0.3) is 0 Å². The first kappa shape index (κ1) is 21.6. The zero-order valence-corrected chi connectivity index (χ0v) is 13.0. The highest BCUT2D eigenvalue weighted by molar-refractivity contribution is 9.09. The largest absolute Gasteiger partial charge is 0.300 e. The number of hydrogen-bond acceptors (Lipinski definition) is 2. The molecular weight excluding hydrogens is 280 g/mol. The second kappa shape index (κ2) is 17.7. The number of carbonyl (C=O) groups excluding carboxylic acids is 2. The normalized spacial score (nSPS) is 9.71. The fourth-order valence-electron chi connectivity index (χ4n) is 0.416. The number of Topliss-reactive ketones (excluding diaryl/α,β-unsaturated/α-hetero) is 2. The average molecular weight is 305 g/mol. The topological polar surface area (TPSA) is 34.1 Å². The molecule has 0 saturated carbocycles. The molecule has 0 aromatic rings. The molecule has 0 aromatic heterocycles. The summed E-state index contributed by atoms with van der Waals surface area (Å²) in [5, 5.41) is 0.896. The minimum atomic E-state index is 0.160. The Morgan fingerprint density at radius 2 is 1.59 bits per heavy atom. The van der Waals surface area contributed by atoms with E-state index < -0.39 is 0 Å². The van der Waals surface area contributed by atoms with Crippen LogP contribution < -0.4 is 0 Å². The molecule has 0 amide bonds. The molecule has 0 radical (unpaired) electrons. The van der Waals surface area contributed by atoms with Crippen LogP contribution in [0.5, 0.6) is 0 Å². The Bertz CT molecular complexity index is 222. The molecule has 1 unspecified atom stereocenters. The van der Waals surface area contributed by atoms with Gasteiger partial charge in [0.1, 0.15) is 11.6 Å². The average Bonchev–Trinajstić information content (AvgIpc) is 2.30. The molecule has 0 saturated heterocycles. The van der Waals surface area contributed by atoms with Crippen LogP contribution in [0.4, 0.5) is 0 Å². The van der Waals surface area contributed by atoms with Crippen LogP contribution in [0.2, 0.25) is 0 Å². The van der Waals surface area contributed by atoms with Crippen molar-refractivity contribution in [3.8, 4) is 0 Å². The molecule has 100 valence electrons. The molecule has 17 heavy (non-hydrogen) atoms. The smallest absolute Gasteiger partial charge is 0.132 e. The van der Waals surface area contributed by atoms with Crippen LogP contribution in [0.1, 0.15) is 40.5 Å². The second-order valence-electron chi connectivity index (χ2n) is 3.53. The standard InChI is InChI=1S/C7H12O.C4H8O.C3H5Br/c1-4-5-6(2)7(3)8;1-3-4(2)5;1-2-3-4/h4,6H,1,5H2,2-3H3;3H2,1-2H3;2H,1,3H2. The predicted molar refractivity (Wildman–Crippen MR) is 79.6 cm³/mol. The lowest BCUT2D eigenvalue weighted by atomic mass is 10.0. The third kappa shape index (κ3) is 31.3. The molecule has 0 spiro atoms. The van der Waals surface area contributed by atoms with Crippen molar-refractivity contribution in [3.63, 3.8) is 0 Å². The van der Waals surface area contributed by atoms with E-state index in [4.69, 9.17) is 0 Å². The number of alkyl halides is 1. The summed E-state index contributed by atoms with van der Waals surface area (Å²) in [6.45, 7) is 13.9. The van der Waals surface area contributed by atoms with E-state index in [0.717, 1.165) is 11.8 Å². The molecule has 2 nitrogen and oxygen atoms in total. The summed E-state index contributed by atoms with van der Waals surface area (Å²) in [6.07, 6.45) is 5.03. The van der Waals surface area contributed by atoms with Gasteiger partial charge in [-0.15, -0.1) is 13.2 Å². The molecular formula is C14H25BrO2. The van der Waals surface area contributed by atoms with E-state index in [1.165, 1.54) is 0 Å². The van der Waals surface area contributed by atoms with Crippen molar-refractivity contribution in [3.05, 3.63) is 25.3 Å². The summed E-state index contributed by atoms with van der Waals surface area (Å²) >= 11 is 3.13. The van der Waals surface area contributed by atoms with Crippen molar-refractivity contribution in [2.75, 3.05) is 5.33 Å². The third-order valence-corrected chi connectivity index (χ3v) is 2.28. The first-order valence-corrected chi connectivity index (χ1v) is 6.76. The van der Waals surface area contributed by atoms with Crippen molar-refractivity contribution < 1.29 is 9.59 Å². The summed E-state index contributed by atoms with van der Waals surface area (Å²) in [7, 11) is 0. The maximum absolute atomic E-state index is 10.5. The Kier molecular flexibility index (Phi) is 22.4. The van der Waals surface area contributed by atoms with Crippen LogP contribution in [-0.4, -0.2) is 16.9 Å². The van der Waals surface area contributed by atoms with Crippen LogP contribution in [0, 0.1) is 5.92 Å². The number of rotatable bonds is 5. The summed E-state index contributed by atoms with van der Waals surface area (Å²) in [6, 6.07) is 0. The first-order chi connectivity index (χ1) is 7.87. The zero-order chi connectivity index (χ0) is 14.3. The Balaban J connectivity index is -0.000000188. The van der Waals surface area contributed by atoms with Gasteiger partial charge in [0, 0.05) is 17.7 Å². The minimum absolute atomic E-state index is 0.160. The molecule has 1 atom stereocenters. The maximum Gasteiger partial charge on any atom is 0.132 e. The summed E-state index contributed by atoms with van der Waals surface area (Å²) < 4.78 is 0. The van der Waals surface area contributed by atoms with Gasteiger partial charge in [-0.25, -0.2) is 0 Å². The van der Waals surface area contributed by atoms with Crippen LogP contribution in [0.25, 0.3) is 0 Å². The molecule has 0 aromatic carbocycles. The van der Waals surface area contributed by atoms with Crippen molar-refractivity contribution >= 4 is 27.5 Å². The Hall–Kier alpha value is -0.700. The van der Waals surface area contributed by atoms with Gasteiger partial charge in [-0.1, -0.05) is 41.9 Å². The van der Waals surface area contributed by atoms with Crippen molar-refractivity contribution in [1.82, 2.24) is 0 Å². The minimum Gasteiger partial charge on any atom is -0.300 e. The van der Waals surface area contributed by atoms with E-state index in [2.05, 4.69) is 29.1 Å². The number of allylic oxidation sites excluding steroid dienone is 2. The Morgan fingerprint density at radius 1 is 1.24 bits per heavy atom. The molecule has 0 N–H and O–H groups in total. The lowest BCUT2D eigenvalue weighted by molar-refractivity contribution is -0.120. The van der Waals surface area contributed by atoms with Crippen molar-refractivity contribution in [2.45, 2.75) is 40.5 Å². The van der Waals surface area contributed by atoms with Gasteiger partial charge in [-0.2, -0.15) is 0 Å². The van der Waals surface area contributed by atoms with Gasteiger partial charge >= 0.3 is 0 Å². The van der Waals surface area contributed by atoms with Gasteiger partial charge in [0.2, 0.25) is 0 Å². The highest BCUT2D eigenvalue weighted by Crippen LogP contribution is 2.01. The molecule has 0 aliphatic rings. The van der Waals surface area contributed by atoms with Crippen LogP contribution >= 0.6 is 15.9 Å². The summed E-state index contributed by atoms with van der Waals surface area (Å²) in [5.74, 6) is 0.655. The van der Waals surface area contributed by atoms with E-state index in [9.17, 15) is 9.59 Å². The van der Waals surface area contributed by atoms with E-state index in [1.807, 2.05) is 13.8 Å². The van der Waals surface area contributed by atoms with Crippen molar-refractivity contribution in [2.24, 2.45) is 5.92 Å². The molecule has 0 bridgehead atoms. The van der Waals surface area contributed by atoms with Crippen LogP contribution in [0.15, 0.2) is 25.3 Å². The Morgan fingerprint density at radius 3 is 1.65 bits per heavy atom. The highest BCUT2D eigenvalue weighted by Gasteiger charge is 2.02. The van der Waals surface area contributed by atoms with E-state index in [0.29, 0.717) is 6.42 Å². The van der Waals surface area contributed by atoms with E-state index in [-0.39, 0.29) is 17.5 Å². The fourth-order valence-corrected chi connectivity index (χ4v) is 0.416. The Labute approximate surface area is 114 Å². The quantitative estimate of drug-likeness (QED) is 0.559. The summed E-state index contributed by atoms with van der Waals surface area (Å²) in [4.78, 5) is 20.3. The lowest BCUT2D eigenvalue weighted by Crippen LogP contribution is -2.03. The number of hydrogen-bond donors (Lipinski definition) is 0. The SMILES string of the molecule is C=CCBr.C=CCC(C)C(C)=O.CCC(C)=O. The second-order valence-corrected chi connectivity index (χ2v) is 4.18. The number of halogens is 1. The van der Waals surface area contributed by atoms with Gasteiger partial charge in [0.05, 0.1) is 0 Å². The maximum atomic E-state index is 10.5. The number of carbonyl (C=O) groups is 2.